The van der Waals surface area contributed by atoms with Gasteiger partial charge in [0.25, 0.3) is 0 Å². The first kappa shape index (κ1) is 15.9. The van der Waals surface area contributed by atoms with Crippen LogP contribution in [-0.4, -0.2) is 25.1 Å². The molecule has 22 heavy (non-hydrogen) atoms. The summed E-state index contributed by atoms with van der Waals surface area (Å²) in [5, 5.41) is 10.6. The molecule has 0 aliphatic heterocycles. The molecule has 114 valence electrons. The third-order valence-corrected chi connectivity index (χ3v) is 3.33. The zero-order chi connectivity index (χ0) is 16.1. The fraction of sp³-hybridized carbons (Fsp3) is 0.118. The lowest BCUT2D eigenvalue weighted by Crippen LogP contribution is -1.94. The monoisotopic (exact) mass is 318 g/mol. The molecule has 2 rings (SSSR count). The highest BCUT2D eigenvalue weighted by Crippen LogP contribution is 2.34. The highest BCUT2D eigenvalue weighted by Gasteiger charge is 2.10. The van der Waals surface area contributed by atoms with Crippen LogP contribution in [-0.2, 0) is 0 Å². The minimum atomic E-state index is -0.200. The van der Waals surface area contributed by atoms with Gasteiger partial charge in [-0.2, -0.15) is 0 Å². The van der Waals surface area contributed by atoms with Gasteiger partial charge in [0.1, 0.15) is 17.2 Å². The van der Waals surface area contributed by atoms with Crippen LogP contribution < -0.4 is 9.47 Å². The number of benzene rings is 2. The Labute approximate surface area is 133 Å². The predicted octanol–water partition coefficient (Wildman–Crippen LogP) is 3.96. The molecule has 0 aromatic heterocycles. The Balaban J connectivity index is 2.29. The van der Waals surface area contributed by atoms with Crippen molar-refractivity contribution in [2.45, 2.75) is 0 Å². The largest absolute Gasteiger partial charge is 0.507 e. The van der Waals surface area contributed by atoms with Gasteiger partial charge in [0.05, 0.1) is 19.8 Å². The van der Waals surface area contributed by atoms with Gasteiger partial charge in [-0.15, -0.1) is 0 Å². The maximum Gasteiger partial charge on any atom is 0.185 e. The second-order valence-corrected chi connectivity index (χ2v) is 4.90. The van der Waals surface area contributed by atoms with Crippen molar-refractivity contribution < 1.29 is 19.4 Å². The Hall–Kier alpha value is -2.46. The van der Waals surface area contributed by atoms with Crippen LogP contribution in [0.25, 0.3) is 6.08 Å². The molecule has 0 atom stereocenters. The average molecular weight is 319 g/mol. The van der Waals surface area contributed by atoms with Crippen LogP contribution in [0.5, 0.6) is 17.2 Å². The van der Waals surface area contributed by atoms with Crippen molar-refractivity contribution in [1.29, 1.82) is 0 Å². The fourth-order valence-corrected chi connectivity index (χ4v) is 2.04. The average Bonchev–Trinajstić information content (AvgIpc) is 2.53. The van der Waals surface area contributed by atoms with E-state index in [0.717, 1.165) is 0 Å². The number of hydrogen-bond acceptors (Lipinski definition) is 4. The summed E-state index contributed by atoms with van der Waals surface area (Å²) in [6.07, 6.45) is 2.87. The fourth-order valence-electron chi connectivity index (χ4n) is 1.91. The van der Waals surface area contributed by atoms with E-state index in [2.05, 4.69) is 0 Å². The number of ketones is 1. The van der Waals surface area contributed by atoms with Crippen molar-refractivity contribution in [2.75, 3.05) is 14.2 Å². The Kier molecular flexibility index (Phi) is 5.07. The van der Waals surface area contributed by atoms with Crippen LogP contribution >= 0.6 is 11.6 Å². The molecule has 0 bridgehead atoms. The molecule has 0 saturated carbocycles. The molecule has 0 spiro atoms. The Morgan fingerprint density at radius 1 is 1.14 bits per heavy atom. The smallest absolute Gasteiger partial charge is 0.185 e. The molecule has 2 aromatic carbocycles. The number of carbonyl (C=O) groups excluding carboxylic acids is 1. The molecule has 5 heteroatoms. The summed E-state index contributed by atoms with van der Waals surface area (Å²) in [5.41, 5.74) is 0.915. The van der Waals surface area contributed by atoms with Gasteiger partial charge in [0, 0.05) is 22.7 Å². The highest BCUT2D eigenvalue weighted by atomic mass is 35.5. The van der Waals surface area contributed by atoms with E-state index in [9.17, 15) is 9.90 Å². The molecule has 0 unspecified atom stereocenters. The van der Waals surface area contributed by atoms with E-state index in [1.807, 2.05) is 0 Å². The molecule has 0 aliphatic rings. The number of rotatable bonds is 5. The third-order valence-electron chi connectivity index (χ3n) is 3.08. The minimum absolute atomic E-state index is 0.0312. The summed E-state index contributed by atoms with van der Waals surface area (Å²) in [4.78, 5) is 12.1. The van der Waals surface area contributed by atoms with Gasteiger partial charge < -0.3 is 14.6 Å². The van der Waals surface area contributed by atoms with Crippen molar-refractivity contribution in [2.24, 2.45) is 0 Å². The van der Waals surface area contributed by atoms with E-state index in [0.29, 0.717) is 27.6 Å². The van der Waals surface area contributed by atoms with Gasteiger partial charge >= 0.3 is 0 Å². The first-order valence-corrected chi connectivity index (χ1v) is 6.86. The standard InChI is InChI=1S/C17H15ClO4/c1-21-13-9-16(20)14(17(10-13)22-2)7-8-15(19)11-3-5-12(18)6-4-11/h3-10,20H,1-2H3. The van der Waals surface area contributed by atoms with E-state index in [1.165, 1.54) is 32.4 Å². The van der Waals surface area contributed by atoms with Gasteiger partial charge in [-0.25, -0.2) is 0 Å². The van der Waals surface area contributed by atoms with Crippen LogP contribution in [0, 0.1) is 0 Å². The minimum Gasteiger partial charge on any atom is -0.507 e. The Bertz CT molecular complexity index is 705. The van der Waals surface area contributed by atoms with Crippen LogP contribution in [0.3, 0.4) is 0 Å². The molecular formula is C17H15ClO4. The number of hydrogen-bond donors (Lipinski definition) is 1. The van der Waals surface area contributed by atoms with Crippen molar-refractivity contribution >= 4 is 23.5 Å². The zero-order valence-corrected chi connectivity index (χ0v) is 12.9. The highest BCUT2D eigenvalue weighted by molar-refractivity contribution is 6.30. The lowest BCUT2D eigenvalue weighted by Gasteiger charge is -2.09. The topological polar surface area (TPSA) is 55.8 Å². The summed E-state index contributed by atoms with van der Waals surface area (Å²) in [5.74, 6) is 0.651. The van der Waals surface area contributed by atoms with Gasteiger partial charge in [-0.05, 0) is 36.4 Å². The normalized spacial score (nSPS) is 10.7. The molecule has 0 amide bonds. The van der Waals surface area contributed by atoms with Crippen molar-refractivity contribution in [3.63, 3.8) is 0 Å². The van der Waals surface area contributed by atoms with Crippen LogP contribution in [0.1, 0.15) is 15.9 Å². The summed E-state index contributed by atoms with van der Waals surface area (Å²) in [6, 6.07) is 9.66. The first-order valence-electron chi connectivity index (χ1n) is 6.48. The Morgan fingerprint density at radius 3 is 2.41 bits per heavy atom. The number of halogens is 1. The molecule has 0 heterocycles. The number of phenolic OH excluding ortho intramolecular Hbond substituents is 1. The second-order valence-electron chi connectivity index (χ2n) is 4.47. The number of aromatic hydroxyl groups is 1. The summed E-state index contributed by atoms with van der Waals surface area (Å²) in [7, 11) is 2.97. The molecule has 2 aromatic rings. The number of carbonyl (C=O) groups is 1. The number of methoxy groups -OCH3 is 2. The predicted molar refractivity (Wildman–Crippen MR) is 86.0 cm³/mol. The van der Waals surface area contributed by atoms with E-state index in [4.69, 9.17) is 21.1 Å². The number of allylic oxidation sites excluding steroid dienone is 1. The zero-order valence-electron chi connectivity index (χ0n) is 12.2. The third kappa shape index (κ3) is 3.59. The first-order chi connectivity index (χ1) is 10.5. The van der Waals surface area contributed by atoms with Gasteiger partial charge in [-0.1, -0.05) is 11.6 Å². The molecule has 0 saturated heterocycles. The van der Waals surface area contributed by atoms with Gasteiger partial charge in [0.15, 0.2) is 5.78 Å². The van der Waals surface area contributed by atoms with Crippen molar-refractivity contribution in [3.05, 3.63) is 58.6 Å². The van der Waals surface area contributed by atoms with Crippen molar-refractivity contribution in [1.82, 2.24) is 0 Å². The van der Waals surface area contributed by atoms with E-state index in [1.54, 1.807) is 30.3 Å². The second kappa shape index (κ2) is 7.00. The van der Waals surface area contributed by atoms with E-state index < -0.39 is 0 Å². The summed E-state index contributed by atoms with van der Waals surface area (Å²) in [6.45, 7) is 0. The van der Waals surface area contributed by atoms with Gasteiger partial charge in [-0.3, -0.25) is 4.79 Å². The summed E-state index contributed by atoms with van der Waals surface area (Å²) < 4.78 is 10.3. The lowest BCUT2D eigenvalue weighted by molar-refractivity contribution is 0.104. The molecule has 1 N–H and O–H groups in total. The summed E-state index contributed by atoms with van der Waals surface area (Å²) >= 11 is 5.79. The van der Waals surface area contributed by atoms with E-state index >= 15 is 0 Å². The molecule has 0 radical (unpaired) electrons. The quantitative estimate of drug-likeness (QED) is 0.669. The molecular weight excluding hydrogens is 304 g/mol. The van der Waals surface area contributed by atoms with E-state index in [-0.39, 0.29) is 11.5 Å². The molecule has 0 aliphatic carbocycles. The number of phenols is 1. The maximum atomic E-state index is 12.1. The Morgan fingerprint density at radius 2 is 1.82 bits per heavy atom. The van der Waals surface area contributed by atoms with Crippen molar-refractivity contribution in [3.8, 4) is 17.2 Å². The molecule has 0 fully saturated rings. The lowest BCUT2D eigenvalue weighted by atomic mass is 10.1. The van der Waals surface area contributed by atoms with Gasteiger partial charge in [0.2, 0.25) is 0 Å². The van der Waals surface area contributed by atoms with Crippen LogP contribution in [0.4, 0.5) is 0 Å². The number of ether oxygens (including phenoxy) is 2. The SMILES string of the molecule is COc1cc(O)c(C=CC(=O)c2ccc(Cl)cc2)c(OC)c1. The molecule has 4 nitrogen and oxygen atoms in total. The van der Waals surface area contributed by atoms with Crippen LogP contribution in [0.2, 0.25) is 5.02 Å². The maximum absolute atomic E-state index is 12.1. The van der Waals surface area contributed by atoms with Crippen LogP contribution in [0.15, 0.2) is 42.5 Å².